The van der Waals surface area contributed by atoms with Crippen molar-refractivity contribution in [3.05, 3.63) is 29.6 Å². The summed E-state index contributed by atoms with van der Waals surface area (Å²) in [5, 5.41) is 4.92. The van der Waals surface area contributed by atoms with E-state index in [9.17, 15) is 18.0 Å². The van der Waals surface area contributed by atoms with Gasteiger partial charge in [-0.05, 0) is 24.5 Å². The Kier molecular flexibility index (Phi) is 6.68. The second-order valence-electron chi connectivity index (χ2n) is 5.08. The molecule has 0 saturated carbocycles. The third-order valence-corrected chi connectivity index (χ3v) is 2.73. The molecule has 0 bridgehead atoms. The minimum Gasteiger partial charge on any atom is -0.370 e. The van der Waals surface area contributed by atoms with E-state index >= 15 is 0 Å². The van der Waals surface area contributed by atoms with Crippen molar-refractivity contribution in [2.75, 3.05) is 18.4 Å². The van der Waals surface area contributed by atoms with Crippen molar-refractivity contribution in [1.29, 1.82) is 0 Å². The number of hydrogen-bond donors (Lipinski definition) is 3. The third kappa shape index (κ3) is 5.63. The lowest BCUT2D eigenvalue weighted by molar-refractivity contribution is -0.114. The van der Waals surface area contributed by atoms with Crippen molar-refractivity contribution >= 4 is 17.6 Å². The van der Waals surface area contributed by atoms with Gasteiger partial charge in [-0.2, -0.15) is 0 Å². The van der Waals surface area contributed by atoms with Gasteiger partial charge in [0.2, 0.25) is 5.91 Å². The fourth-order valence-corrected chi connectivity index (χ4v) is 1.51. The molecule has 8 heteroatoms. The molecular weight excluding hydrogens is 297 g/mol. The number of rotatable bonds is 6. The molecular formula is C14H19F3N4O. The van der Waals surface area contributed by atoms with Crippen molar-refractivity contribution in [2.24, 2.45) is 16.6 Å². The van der Waals surface area contributed by atoms with Crippen LogP contribution >= 0.6 is 0 Å². The molecule has 0 heterocycles. The summed E-state index contributed by atoms with van der Waals surface area (Å²) in [6.07, 6.45) is 0.891. The Hall–Kier alpha value is -2.25. The van der Waals surface area contributed by atoms with E-state index in [2.05, 4.69) is 29.5 Å². The van der Waals surface area contributed by atoms with Gasteiger partial charge in [-0.15, -0.1) is 0 Å². The Balaban J connectivity index is 2.51. The van der Waals surface area contributed by atoms with E-state index in [1.165, 1.54) is 0 Å². The first-order valence-electron chi connectivity index (χ1n) is 6.78. The molecule has 22 heavy (non-hydrogen) atoms. The summed E-state index contributed by atoms with van der Waals surface area (Å²) in [5.74, 6) is -4.54. The normalized spacial score (nSPS) is 11.6. The molecule has 5 nitrogen and oxygen atoms in total. The van der Waals surface area contributed by atoms with E-state index in [4.69, 9.17) is 5.73 Å². The van der Waals surface area contributed by atoms with Crippen LogP contribution in [0.15, 0.2) is 17.1 Å². The van der Waals surface area contributed by atoms with E-state index in [1.807, 2.05) is 0 Å². The lowest BCUT2D eigenvalue weighted by Gasteiger charge is -2.08. The number of amides is 1. The fraction of sp³-hybridized carbons (Fsp3) is 0.429. The van der Waals surface area contributed by atoms with Crippen LogP contribution in [0.2, 0.25) is 0 Å². The zero-order chi connectivity index (χ0) is 16.7. The molecule has 122 valence electrons. The van der Waals surface area contributed by atoms with Crippen LogP contribution < -0.4 is 16.4 Å². The predicted molar refractivity (Wildman–Crippen MR) is 78.9 cm³/mol. The van der Waals surface area contributed by atoms with Gasteiger partial charge in [-0.25, -0.2) is 18.2 Å². The number of carbonyl (C=O) groups is 1. The quantitative estimate of drug-likeness (QED) is 0.426. The van der Waals surface area contributed by atoms with Gasteiger partial charge in [-0.1, -0.05) is 13.8 Å². The highest BCUT2D eigenvalue weighted by Crippen LogP contribution is 2.19. The molecule has 0 aliphatic rings. The molecule has 0 aliphatic heterocycles. The molecule has 0 saturated heterocycles. The number of nitrogens with one attached hydrogen (secondary N) is 2. The van der Waals surface area contributed by atoms with Gasteiger partial charge in [-0.3, -0.25) is 4.79 Å². The van der Waals surface area contributed by atoms with Crippen LogP contribution in [0, 0.1) is 23.4 Å². The molecule has 0 spiro atoms. The van der Waals surface area contributed by atoms with Crippen LogP contribution in [0.5, 0.6) is 0 Å². The molecule has 0 aliphatic carbocycles. The minimum atomic E-state index is -1.64. The maximum absolute atomic E-state index is 13.4. The SMILES string of the molecule is CC(C)CCNC(N)=NCC(=O)Nc1ccc(F)c(F)c1F. The van der Waals surface area contributed by atoms with Gasteiger partial charge in [0.05, 0.1) is 5.69 Å². The summed E-state index contributed by atoms with van der Waals surface area (Å²) in [6, 6.07) is 1.65. The zero-order valence-corrected chi connectivity index (χ0v) is 12.4. The number of benzene rings is 1. The van der Waals surface area contributed by atoms with Gasteiger partial charge in [0.1, 0.15) is 6.54 Å². The Morgan fingerprint density at radius 2 is 1.95 bits per heavy atom. The Morgan fingerprint density at radius 1 is 1.27 bits per heavy atom. The smallest absolute Gasteiger partial charge is 0.246 e. The third-order valence-electron chi connectivity index (χ3n) is 2.73. The molecule has 1 aromatic rings. The Morgan fingerprint density at radius 3 is 2.59 bits per heavy atom. The minimum absolute atomic E-state index is 0.0848. The first kappa shape index (κ1) is 17.8. The van der Waals surface area contributed by atoms with Gasteiger partial charge in [0.15, 0.2) is 23.4 Å². The zero-order valence-electron chi connectivity index (χ0n) is 12.4. The van der Waals surface area contributed by atoms with Crippen LogP contribution in [0.1, 0.15) is 20.3 Å². The van der Waals surface area contributed by atoms with E-state index in [-0.39, 0.29) is 12.5 Å². The molecule has 0 aromatic heterocycles. The van der Waals surface area contributed by atoms with E-state index in [0.29, 0.717) is 12.5 Å². The summed E-state index contributed by atoms with van der Waals surface area (Å²) >= 11 is 0. The van der Waals surface area contributed by atoms with Gasteiger partial charge >= 0.3 is 0 Å². The molecule has 0 atom stereocenters. The Bertz CT molecular complexity index is 561. The van der Waals surface area contributed by atoms with Crippen molar-refractivity contribution in [3.8, 4) is 0 Å². The standard InChI is InChI=1S/C14H19F3N4O/c1-8(2)5-6-19-14(18)20-7-11(22)21-10-4-3-9(15)12(16)13(10)17/h3-4,8H,5-7H2,1-2H3,(H,21,22)(H3,18,19,20). The molecule has 0 unspecified atom stereocenters. The van der Waals surface area contributed by atoms with E-state index in [0.717, 1.165) is 18.6 Å². The van der Waals surface area contributed by atoms with Crippen LogP contribution in [0.3, 0.4) is 0 Å². The maximum atomic E-state index is 13.4. The first-order valence-corrected chi connectivity index (χ1v) is 6.78. The number of anilines is 1. The topological polar surface area (TPSA) is 79.5 Å². The van der Waals surface area contributed by atoms with Crippen molar-refractivity contribution in [2.45, 2.75) is 20.3 Å². The number of aliphatic imine (C=N–C) groups is 1. The van der Waals surface area contributed by atoms with Crippen LogP contribution in [-0.4, -0.2) is 25.0 Å². The fourth-order valence-electron chi connectivity index (χ4n) is 1.51. The number of guanidine groups is 1. The molecule has 0 radical (unpaired) electrons. The average molecular weight is 316 g/mol. The van der Waals surface area contributed by atoms with Crippen molar-refractivity contribution in [3.63, 3.8) is 0 Å². The van der Waals surface area contributed by atoms with Gasteiger partial charge in [0.25, 0.3) is 0 Å². The summed E-state index contributed by atoms with van der Waals surface area (Å²) in [7, 11) is 0. The molecule has 4 N–H and O–H groups in total. The van der Waals surface area contributed by atoms with E-state index in [1.54, 1.807) is 0 Å². The summed E-state index contributed by atoms with van der Waals surface area (Å²) in [4.78, 5) is 15.3. The van der Waals surface area contributed by atoms with E-state index < -0.39 is 29.0 Å². The molecule has 1 rings (SSSR count). The van der Waals surface area contributed by atoms with Gasteiger partial charge in [0, 0.05) is 6.54 Å². The molecule has 1 amide bonds. The van der Waals surface area contributed by atoms with Crippen molar-refractivity contribution in [1.82, 2.24) is 5.32 Å². The second-order valence-corrected chi connectivity index (χ2v) is 5.08. The molecule has 1 aromatic carbocycles. The number of nitrogens with zero attached hydrogens (tertiary/aromatic N) is 1. The largest absolute Gasteiger partial charge is 0.370 e. The highest BCUT2D eigenvalue weighted by Gasteiger charge is 2.14. The first-order chi connectivity index (χ1) is 10.3. The highest BCUT2D eigenvalue weighted by atomic mass is 19.2. The van der Waals surface area contributed by atoms with Crippen molar-refractivity contribution < 1.29 is 18.0 Å². The van der Waals surface area contributed by atoms with Crippen LogP contribution in [-0.2, 0) is 4.79 Å². The average Bonchev–Trinajstić information content (AvgIpc) is 2.45. The number of hydrogen-bond acceptors (Lipinski definition) is 2. The lowest BCUT2D eigenvalue weighted by atomic mass is 10.1. The van der Waals surface area contributed by atoms with Crippen LogP contribution in [0.25, 0.3) is 0 Å². The summed E-state index contributed by atoms with van der Waals surface area (Å²) in [5.41, 5.74) is 5.10. The predicted octanol–water partition coefficient (Wildman–Crippen LogP) is 1.99. The number of nitrogens with two attached hydrogens (primary N) is 1. The summed E-state index contributed by atoms with van der Waals surface area (Å²) in [6.45, 7) is 4.36. The number of carbonyl (C=O) groups excluding carboxylic acids is 1. The molecule has 0 fully saturated rings. The Labute approximate surface area is 126 Å². The second kappa shape index (κ2) is 8.26. The monoisotopic (exact) mass is 316 g/mol. The van der Waals surface area contributed by atoms with Crippen LogP contribution in [0.4, 0.5) is 18.9 Å². The van der Waals surface area contributed by atoms with Gasteiger partial charge < -0.3 is 16.4 Å². The maximum Gasteiger partial charge on any atom is 0.246 e. The number of halogens is 3. The lowest BCUT2D eigenvalue weighted by Crippen LogP contribution is -2.34. The summed E-state index contributed by atoms with van der Waals surface area (Å²) < 4.78 is 39.1. The highest BCUT2D eigenvalue weighted by molar-refractivity contribution is 5.94.